The van der Waals surface area contributed by atoms with Gasteiger partial charge in [-0.25, -0.2) is 4.98 Å². The quantitative estimate of drug-likeness (QED) is 0.523. The zero-order valence-corrected chi connectivity index (χ0v) is 18.2. The standard InChI is InChI=1S/C13H13B.C12H20N2O2/c14-13(11-7-3-1-4-8-11)12-9-5-2-6-10-12;1-2-3-4-11-9-13-10-14(11)6-5-12-15-7-8-16-12/h1-10,13H,14H2;9-10,12H,2-8H2,1H3. The number of rotatable bonds is 8. The lowest BCUT2D eigenvalue weighted by atomic mass is 9.76. The molecule has 0 bridgehead atoms. The summed E-state index contributed by atoms with van der Waals surface area (Å²) in [4.78, 5) is 4.20. The lowest BCUT2D eigenvalue weighted by Crippen LogP contribution is -2.12. The highest BCUT2D eigenvalue weighted by Gasteiger charge is 2.15. The van der Waals surface area contributed by atoms with E-state index >= 15 is 0 Å². The first-order valence-corrected chi connectivity index (χ1v) is 11.1. The van der Waals surface area contributed by atoms with Crippen LogP contribution in [0.2, 0.25) is 0 Å². The van der Waals surface area contributed by atoms with Crippen LogP contribution in [0.5, 0.6) is 0 Å². The minimum Gasteiger partial charge on any atom is -0.350 e. The van der Waals surface area contributed by atoms with Crippen molar-refractivity contribution in [1.82, 2.24) is 9.55 Å². The molecule has 4 nitrogen and oxygen atoms in total. The third kappa shape index (κ3) is 6.86. The first-order chi connectivity index (χ1) is 14.8. The third-order valence-electron chi connectivity index (χ3n) is 5.48. The molecule has 0 radical (unpaired) electrons. The second kappa shape index (κ2) is 12.4. The summed E-state index contributed by atoms with van der Waals surface area (Å²) in [5.41, 5.74) is 4.07. The number of nitrogens with zero attached hydrogens (tertiary/aromatic N) is 2. The molecule has 2 heterocycles. The highest BCUT2D eigenvalue weighted by atomic mass is 16.7. The monoisotopic (exact) mass is 404 g/mol. The van der Waals surface area contributed by atoms with Gasteiger partial charge in [0.05, 0.1) is 19.5 Å². The maximum absolute atomic E-state index is 5.42. The Labute approximate surface area is 181 Å². The topological polar surface area (TPSA) is 36.3 Å². The summed E-state index contributed by atoms with van der Waals surface area (Å²) >= 11 is 0. The molecule has 4 rings (SSSR count). The van der Waals surface area contributed by atoms with Gasteiger partial charge in [0.25, 0.3) is 0 Å². The Balaban J connectivity index is 0.000000172. The van der Waals surface area contributed by atoms with Crippen molar-refractivity contribution in [1.29, 1.82) is 0 Å². The highest BCUT2D eigenvalue weighted by molar-refractivity contribution is 6.14. The number of hydrogen-bond donors (Lipinski definition) is 0. The van der Waals surface area contributed by atoms with E-state index in [9.17, 15) is 0 Å². The minimum atomic E-state index is -0.0126. The first kappa shape index (κ1) is 22.3. The summed E-state index contributed by atoms with van der Waals surface area (Å²) in [7, 11) is 2.24. The maximum atomic E-state index is 5.42. The molecule has 5 heteroatoms. The van der Waals surface area contributed by atoms with Crippen LogP contribution in [0.3, 0.4) is 0 Å². The molecule has 3 aromatic rings. The average molecular weight is 404 g/mol. The van der Waals surface area contributed by atoms with Gasteiger partial charge in [0, 0.05) is 24.9 Å². The number of aromatic nitrogens is 2. The zero-order chi connectivity index (χ0) is 21.0. The Bertz CT molecular complexity index is 793. The number of unbranched alkanes of at least 4 members (excludes halogenated alkanes) is 1. The Morgan fingerprint density at radius 1 is 1.00 bits per heavy atom. The molecule has 0 amide bonds. The second-order valence-corrected chi connectivity index (χ2v) is 7.68. The van der Waals surface area contributed by atoms with E-state index in [0.717, 1.165) is 32.6 Å². The first-order valence-electron chi connectivity index (χ1n) is 11.1. The van der Waals surface area contributed by atoms with E-state index in [4.69, 9.17) is 9.47 Å². The van der Waals surface area contributed by atoms with Gasteiger partial charge in [-0.1, -0.05) is 74.0 Å². The summed E-state index contributed by atoms with van der Waals surface area (Å²) in [5, 5.41) is 0. The summed E-state index contributed by atoms with van der Waals surface area (Å²) in [5.74, 6) is 0.484. The minimum absolute atomic E-state index is 0.0126. The van der Waals surface area contributed by atoms with Crippen molar-refractivity contribution in [2.75, 3.05) is 13.2 Å². The molecule has 1 aliphatic heterocycles. The molecule has 1 aromatic heterocycles. The molecule has 158 valence electrons. The van der Waals surface area contributed by atoms with E-state index in [0.29, 0.717) is 5.82 Å². The van der Waals surface area contributed by atoms with Crippen molar-refractivity contribution in [3.8, 4) is 0 Å². The van der Waals surface area contributed by atoms with Crippen LogP contribution in [-0.4, -0.2) is 36.9 Å². The van der Waals surface area contributed by atoms with Gasteiger partial charge in [-0.2, -0.15) is 0 Å². The van der Waals surface area contributed by atoms with Gasteiger partial charge in [-0.15, -0.1) is 0 Å². The van der Waals surface area contributed by atoms with Crippen molar-refractivity contribution in [2.24, 2.45) is 0 Å². The normalized spacial score (nSPS) is 13.9. The number of imidazole rings is 1. The molecule has 0 atom stereocenters. The largest absolute Gasteiger partial charge is 0.350 e. The molecule has 0 saturated carbocycles. The van der Waals surface area contributed by atoms with Crippen molar-refractivity contribution in [3.63, 3.8) is 0 Å². The number of ether oxygens (including phenoxy) is 2. The number of aryl methyl sites for hydroxylation is 2. The van der Waals surface area contributed by atoms with E-state index < -0.39 is 0 Å². The predicted octanol–water partition coefficient (Wildman–Crippen LogP) is 4.40. The fourth-order valence-corrected chi connectivity index (χ4v) is 3.61. The van der Waals surface area contributed by atoms with Gasteiger partial charge in [-0.05, 0) is 29.8 Å². The molecule has 30 heavy (non-hydrogen) atoms. The fraction of sp³-hybridized carbons (Fsp3) is 0.400. The van der Waals surface area contributed by atoms with E-state index in [2.05, 4.69) is 85.0 Å². The lowest BCUT2D eigenvalue weighted by Gasteiger charge is -2.11. The summed E-state index contributed by atoms with van der Waals surface area (Å²) in [6.07, 6.45) is 8.33. The summed E-state index contributed by atoms with van der Waals surface area (Å²) in [6, 6.07) is 21.2. The van der Waals surface area contributed by atoms with Gasteiger partial charge in [0.15, 0.2) is 6.29 Å². The van der Waals surface area contributed by atoms with Crippen LogP contribution in [-0.2, 0) is 22.4 Å². The van der Waals surface area contributed by atoms with Gasteiger partial charge >= 0.3 is 0 Å². The van der Waals surface area contributed by atoms with Crippen LogP contribution in [0.25, 0.3) is 0 Å². The molecular weight excluding hydrogens is 371 g/mol. The predicted molar refractivity (Wildman–Crippen MR) is 124 cm³/mol. The maximum Gasteiger partial charge on any atom is 0.159 e. The second-order valence-electron chi connectivity index (χ2n) is 7.68. The smallest absolute Gasteiger partial charge is 0.159 e. The van der Waals surface area contributed by atoms with Gasteiger partial charge < -0.3 is 14.0 Å². The summed E-state index contributed by atoms with van der Waals surface area (Å²) < 4.78 is 13.0. The molecule has 1 saturated heterocycles. The van der Waals surface area contributed by atoms with Crippen LogP contribution in [0.1, 0.15) is 48.8 Å². The van der Waals surface area contributed by atoms with Gasteiger partial charge in [-0.3, -0.25) is 0 Å². The molecule has 0 aliphatic carbocycles. The van der Waals surface area contributed by atoms with Crippen LogP contribution in [0.15, 0.2) is 73.2 Å². The van der Waals surface area contributed by atoms with Crippen molar-refractivity contribution >= 4 is 7.85 Å². The van der Waals surface area contributed by atoms with Crippen molar-refractivity contribution in [2.45, 2.75) is 51.3 Å². The van der Waals surface area contributed by atoms with Crippen LogP contribution >= 0.6 is 0 Å². The Morgan fingerprint density at radius 3 is 2.17 bits per heavy atom. The number of hydrogen-bond acceptors (Lipinski definition) is 3. The Morgan fingerprint density at radius 2 is 1.60 bits per heavy atom. The molecule has 1 fully saturated rings. The van der Waals surface area contributed by atoms with Gasteiger partial charge in [0.1, 0.15) is 7.85 Å². The summed E-state index contributed by atoms with van der Waals surface area (Å²) in [6.45, 7) is 4.61. The zero-order valence-electron chi connectivity index (χ0n) is 18.2. The van der Waals surface area contributed by atoms with Gasteiger partial charge in [0.2, 0.25) is 0 Å². The molecular formula is C25H33BN2O2. The van der Waals surface area contributed by atoms with E-state index in [1.54, 1.807) is 0 Å². The molecule has 0 spiro atoms. The third-order valence-corrected chi connectivity index (χ3v) is 5.48. The van der Waals surface area contributed by atoms with Crippen LogP contribution < -0.4 is 0 Å². The van der Waals surface area contributed by atoms with E-state index in [-0.39, 0.29) is 6.29 Å². The average Bonchev–Trinajstić information content (AvgIpc) is 3.49. The fourth-order valence-electron chi connectivity index (χ4n) is 3.61. The van der Waals surface area contributed by atoms with Crippen LogP contribution in [0, 0.1) is 0 Å². The molecule has 0 unspecified atom stereocenters. The SMILES string of the molecule is BC(c1ccccc1)c1ccccc1.CCCCc1cncn1CCC1OCCO1. The Kier molecular flexibility index (Phi) is 9.20. The van der Waals surface area contributed by atoms with E-state index in [1.807, 2.05) is 12.5 Å². The van der Waals surface area contributed by atoms with Crippen molar-refractivity contribution < 1.29 is 9.47 Å². The van der Waals surface area contributed by atoms with E-state index in [1.165, 1.54) is 29.7 Å². The lowest BCUT2D eigenvalue weighted by molar-refractivity contribution is -0.0491. The number of benzene rings is 2. The molecule has 1 aliphatic rings. The van der Waals surface area contributed by atoms with Crippen molar-refractivity contribution in [3.05, 3.63) is 90.0 Å². The molecule has 2 aromatic carbocycles. The molecule has 0 N–H and O–H groups in total. The Hall–Kier alpha value is -2.37. The highest BCUT2D eigenvalue weighted by Crippen LogP contribution is 2.20. The van der Waals surface area contributed by atoms with Crippen LogP contribution in [0.4, 0.5) is 0 Å².